The van der Waals surface area contributed by atoms with Crippen molar-refractivity contribution in [3.05, 3.63) is 53.9 Å². The van der Waals surface area contributed by atoms with Gasteiger partial charge in [0.1, 0.15) is 5.65 Å². The van der Waals surface area contributed by atoms with E-state index in [1.807, 2.05) is 26.8 Å². The first kappa shape index (κ1) is 17.0. The van der Waals surface area contributed by atoms with Crippen LogP contribution in [0.2, 0.25) is 0 Å². The number of nitrogens with two attached hydrogens (primary N) is 1. The van der Waals surface area contributed by atoms with Crippen LogP contribution in [0.1, 0.15) is 43.1 Å². The lowest BCUT2D eigenvalue weighted by molar-refractivity contribution is 0.0854. The number of fused-ring (bicyclic) bond motifs is 1. The molecule has 2 aromatic heterocycles. The number of aliphatic hydroxyl groups is 1. The topological polar surface area (TPSA) is 104 Å². The maximum absolute atomic E-state index is 12.4. The number of nitrogen functional groups attached to an aromatic ring is 1. The first-order valence-electron chi connectivity index (χ1n) is 8.07. The van der Waals surface area contributed by atoms with Gasteiger partial charge in [0.25, 0.3) is 0 Å². The van der Waals surface area contributed by atoms with Crippen molar-refractivity contribution in [2.75, 3.05) is 11.1 Å². The Bertz CT molecular complexity index is 907. The van der Waals surface area contributed by atoms with Gasteiger partial charge in [-0.05, 0) is 24.3 Å². The minimum atomic E-state index is -0.880. The number of pyridine rings is 1. The first-order valence-corrected chi connectivity index (χ1v) is 8.07. The van der Waals surface area contributed by atoms with Crippen molar-refractivity contribution >= 4 is 28.2 Å². The van der Waals surface area contributed by atoms with Gasteiger partial charge in [0, 0.05) is 22.1 Å². The molecule has 0 fully saturated rings. The van der Waals surface area contributed by atoms with Crippen molar-refractivity contribution in [1.29, 1.82) is 0 Å². The van der Waals surface area contributed by atoms with E-state index in [2.05, 4.69) is 15.3 Å². The molecule has 130 valence electrons. The molecule has 6 nitrogen and oxygen atoms in total. The minimum absolute atomic E-state index is 0.0296. The number of H-pyrrole nitrogens is 1. The molecule has 6 heteroatoms. The van der Waals surface area contributed by atoms with Crippen LogP contribution in [0, 0.1) is 5.41 Å². The second kappa shape index (κ2) is 6.22. The van der Waals surface area contributed by atoms with Crippen molar-refractivity contribution in [3.63, 3.8) is 0 Å². The smallest absolute Gasteiger partial charge is 0.184 e. The zero-order valence-corrected chi connectivity index (χ0v) is 14.5. The summed E-state index contributed by atoms with van der Waals surface area (Å²) in [7, 11) is 0. The van der Waals surface area contributed by atoms with E-state index in [1.165, 1.54) is 0 Å². The first-order chi connectivity index (χ1) is 11.7. The fourth-order valence-electron chi connectivity index (χ4n) is 2.54. The molecule has 0 radical (unpaired) electrons. The lowest BCUT2D eigenvalue weighted by atomic mass is 9.89. The van der Waals surface area contributed by atoms with E-state index in [4.69, 9.17) is 5.73 Å². The Labute approximate surface area is 146 Å². The third-order valence-electron chi connectivity index (χ3n) is 3.95. The molecule has 0 bridgehead atoms. The molecular weight excluding hydrogens is 316 g/mol. The molecule has 0 aliphatic carbocycles. The van der Waals surface area contributed by atoms with E-state index < -0.39 is 11.6 Å². The number of rotatable bonds is 4. The summed E-state index contributed by atoms with van der Waals surface area (Å²) in [4.78, 5) is 19.8. The van der Waals surface area contributed by atoms with Crippen LogP contribution in [-0.4, -0.2) is 20.9 Å². The molecule has 1 atom stereocenters. The maximum Gasteiger partial charge on any atom is 0.184 e. The van der Waals surface area contributed by atoms with E-state index in [-0.39, 0.29) is 5.78 Å². The summed E-state index contributed by atoms with van der Waals surface area (Å²) < 4.78 is 0. The zero-order chi connectivity index (χ0) is 18.2. The van der Waals surface area contributed by atoms with Gasteiger partial charge in [0.15, 0.2) is 12.0 Å². The van der Waals surface area contributed by atoms with Gasteiger partial charge in [-0.2, -0.15) is 0 Å². The Balaban J connectivity index is 1.83. The second-order valence-electron chi connectivity index (χ2n) is 7.14. The van der Waals surface area contributed by atoms with E-state index in [1.54, 1.807) is 36.5 Å². The van der Waals surface area contributed by atoms with Crippen molar-refractivity contribution in [1.82, 2.24) is 9.97 Å². The van der Waals surface area contributed by atoms with Gasteiger partial charge in [-0.1, -0.05) is 32.9 Å². The maximum atomic E-state index is 12.4. The summed E-state index contributed by atoms with van der Waals surface area (Å²) in [6, 6.07) is 10.6. The summed E-state index contributed by atoms with van der Waals surface area (Å²) in [6.45, 7) is 5.64. The number of carbonyl (C=O) groups excluding carboxylic acids is 1. The molecule has 0 aliphatic rings. The van der Waals surface area contributed by atoms with Crippen LogP contribution in [0.25, 0.3) is 11.0 Å². The SMILES string of the molecule is CC(C)(C)C(=O)c1cc2cc(NC(O)c3ccc(N)cc3)cnc2[nH]1. The number of aromatic nitrogens is 2. The van der Waals surface area contributed by atoms with E-state index in [0.717, 1.165) is 5.39 Å². The van der Waals surface area contributed by atoms with Gasteiger partial charge >= 0.3 is 0 Å². The monoisotopic (exact) mass is 338 g/mol. The molecule has 0 saturated heterocycles. The number of hydrogen-bond acceptors (Lipinski definition) is 5. The van der Waals surface area contributed by atoms with Gasteiger partial charge in [-0.15, -0.1) is 0 Å². The second-order valence-corrected chi connectivity index (χ2v) is 7.14. The number of anilines is 2. The highest BCUT2D eigenvalue weighted by Gasteiger charge is 2.24. The molecule has 3 rings (SSSR count). The van der Waals surface area contributed by atoms with Crippen LogP contribution in [0.3, 0.4) is 0 Å². The molecule has 0 spiro atoms. The van der Waals surface area contributed by atoms with Crippen molar-refractivity contribution in [2.45, 2.75) is 27.0 Å². The molecular formula is C19H22N4O2. The number of ketones is 1. The number of aliphatic hydroxyl groups excluding tert-OH is 1. The standard InChI is InChI=1S/C19H22N4O2/c1-19(2,3)16(24)15-9-12-8-14(10-21-17(12)23-15)22-18(25)11-4-6-13(20)7-5-11/h4-10,18,22,25H,20H2,1-3H3,(H,21,23). The van der Waals surface area contributed by atoms with Crippen LogP contribution >= 0.6 is 0 Å². The lowest BCUT2D eigenvalue weighted by Gasteiger charge is -2.14. The van der Waals surface area contributed by atoms with Gasteiger partial charge in [0.05, 0.1) is 17.6 Å². The Morgan fingerprint density at radius 1 is 1.24 bits per heavy atom. The molecule has 0 amide bonds. The highest BCUT2D eigenvalue weighted by atomic mass is 16.3. The molecule has 1 unspecified atom stereocenters. The Morgan fingerprint density at radius 2 is 1.92 bits per heavy atom. The fraction of sp³-hybridized carbons (Fsp3) is 0.263. The number of nitrogens with one attached hydrogen (secondary N) is 2. The Hall–Kier alpha value is -2.86. The van der Waals surface area contributed by atoms with E-state index >= 15 is 0 Å². The van der Waals surface area contributed by atoms with Gasteiger partial charge in [-0.25, -0.2) is 4.98 Å². The van der Waals surface area contributed by atoms with Gasteiger partial charge < -0.3 is 21.1 Å². The van der Waals surface area contributed by atoms with Crippen molar-refractivity contribution in [2.24, 2.45) is 5.41 Å². The molecule has 25 heavy (non-hydrogen) atoms. The van der Waals surface area contributed by atoms with Crippen LogP contribution in [-0.2, 0) is 0 Å². The summed E-state index contributed by atoms with van der Waals surface area (Å²) in [5, 5.41) is 14.1. The predicted octanol–water partition coefficient (Wildman–Crippen LogP) is 3.48. The quantitative estimate of drug-likeness (QED) is 0.331. The summed E-state index contributed by atoms with van der Waals surface area (Å²) in [6.07, 6.45) is 0.736. The third kappa shape index (κ3) is 3.64. The zero-order valence-electron chi connectivity index (χ0n) is 14.5. The largest absolute Gasteiger partial charge is 0.399 e. The lowest BCUT2D eigenvalue weighted by Crippen LogP contribution is -2.20. The number of Topliss-reactive ketones (excluding diaryl/α,β-unsaturated/α-hetero) is 1. The average molecular weight is 338 g/mol. The molecule has 0 aliphatic heterocycles. The van der Waals surface area contributed by atoms with Crippen molar-refractivity contribution < 1.29 is 9.90 Å². The van der Waals surface area contributed by atoms with Crippen LogP contribution in [0.4, 0.5) is 11.4 Å². The van der Waals surface area contributed by atoms with Crippen molar-refractivity contribution in [3.8, 4) is 0 Å². The average Bonchev–Trinajstić information content (AvgIpc) is 2.96. The van der Waals surface area contributed by atoms with Gasteiger partial charge in [0.2, 0.25) is 0 Å². The van der Waals surface area contributed by atoms with Crippen LogP contribution < -0.4 is 11.1 Å². The Morgan fingerprint density at radius 3 is 2.56 bits per heavy atom. The highest BCUT2D eigenvalue weighted by Crippen LogP contribution is 2.25. The summed E-state index contributed by atoms with van der Waals surface area (Å²) in [5.41, 5.74) is 8.36. The van der Waals surface area contributed by atoms with E-state index in [0.29, 0.717) is 28.3 Å². The molecule has 3 aromatic rings. The summed E-state index contributed by atoms with van der Waals surface area (Å²) >= 11 is 0. The predicted molar refractivity (Wildman–Crippen MR) is 99.3 cm³/mol. The molecule has 0 saturated carbocycles. The number of nitrogens with zero attached hydrogens (tertiary/aromatic N) is 1. The normalized spacial score (nSPS) is 13.0. The third-order valence-corrected chi connectivity index (χ3v) is 3.95. The number of carbonyl (C=O) groups is 1. The number of aromatic amines is 1. The van der Waals surface area contributed by atoms with Crippen LogP contribution in [0.5, 0.6) is 0 Å². The summed E-state index contributed by atoms with van der Waals surface area (Å²) in [5.74, 6) is 0.0296. The molecule has 2 heterocycles. The Kier molecular flexibility index (Phi) is 4.22. The molecule has 5 N–H and O–H groups in total. The minimum Gasteiger partial charge on any atom is -0.399 e. The number of hydrogen-bond donors (Lipinski definition) is 4. The van der Waals surface area contributed by atoms with Gasteiger partial charge in [-0.3, -0.25) is 4.79 Å². The highest BCUT2D eigenvalue weighted by molar-refractivity contribution is 6.02. The number of benzene rings is 1. The fourth-order valence-corrected chi connectivity index (χ4v) is 2.54. The molecule has 1 aromatic carbocycles. The van der Waals surface area contributed by atoms with E-state index in [9.17, 15) is 9.90 Å². The van der Waals surface area contributed by atoms with Crippen LogP contribution in [0.15, 0.2) is 42.6 Å².